The normalized spacial score (nSPS) is 10.6. The number of nitro benzene ring substituents is 1. The van der Waals surface area contributed by atoms with Crippen LogP contribution in [-0.2, 0) is 6.54 Å². The summed E-state index contributed by atoms with van der Waals surface area (Å²) in [5, 5.41) is 20.0. The van der Waals surface area contributed by atoms with Crippen LogP contribution in [0.1, 0.15) is 16.7 Å². The van der Waals surface area contributed by atoms with Gasteiger partial charge in [0.2, 0.25) is 23.0 Å². The molecule has 0 bridgehead atoms. The topological polar surface area (TPSA) is 118 Å². The number of nitrogens with one attached hydrogen (secondary N) is 3. The van der Waals surface area contributed by atoms with Crippen LogP contribution < -0.4 is 16.0 Å². The number of aryl methyl sites for hydroxylation is 2. The van der Waals surface area contributed by atoms with Crippen molar-refractivity contribution in [3.63, 3.8) is 0 Å². The smallest absolute Gasteiger partial charge is 0.305 e. The van der Waals surface area contributed by atoms with Crippen LogP contribution in [0.4, 0.5) is 27.7 Å². The number of hydrogen-bond acceptors (Lipinski definition) is 8. The molecule has 3 aromatic rings. The quantitative estimate of drug-likeness (QED) is 0.253. The van der Waals surface area contributed by atoms with E-state index in [9.17, 15) is 14.5 Å². The third kappa shape index (κ3) is 6.22. The highest BCUT2D eigenvalue weighted by atomic mass is 35.5. The van der Waals surface area contributed by atoms with Crippen molar-refractivity contribution in [3.8, 4) is 0 Å². The Morgan fingerprint density at radius 1 is 1.00 bits per heavy atom. The molecule has 0 atom stereocenters. The number of nitrogens with zero attached hydrogens (tertiary/aromatic N) is 4. The van der Waals surface area contributed by atoms with Gasteiger partial charge in [0.05, 0.1) is 4.92 Å². The van der Waals surface area contributed by atoms with Crippen LogP contribution in [0.2, 0.25) is 5.28 Å². The number of rotatable bonds is 9. The van der Waals surface area contributed by atoms with Crippen LogP contribution in [0.15, 0.2) is 36.4 Å². The van der Waals surface area contributed by atoms with E-state index in [1.807, 2.05) is 31.2 Å². The maximum absolute atomic E-state index is 13.8. The minimum Gasteiger partial charge on any atom is -0.383 e. The van der Waals surface area contributed by atoms with Crippen molar-refractivity contribution in [1.82, 2.24) is 15.0 Å². The first-order valence-electron chi connectivity index (χ1n) is 9.45. The maximum atomic E-state index is 13.8. The van der Waals surface area contributed by atoms with Gasteiger partial charge >= 0.3 is 5.69 Å². The highest BCUT2D eigenvalue weighted by Gasteiger charge is 2.16. The van der Waals surface area contributed by atoms with Crippen LogP contribution >= 0.6 is 11.6 Å². The third-order valence-electron chi connectivity index (χ3n) is 4.39. The molecule has 0 saturated heterocycles. The zero-order valence-electron chi connectivity index (χ0n) is 16.9. The van der Waals surface area contributed by atoms with Gasteiger partial charge < -0.3 is 16.0 Å². The van der Waals surface area contributed by atoms with Gasteiger partial charge in [0.25, 0.3) is 0 Å². The molecule has 31 heavy (non-hydrogen) atoms. The molecule has 0 saturated carbocycles. The van der Waals surface area contributed by atoms with Gasteiger partial charge in [-0.3, -0.25) is 10.1 Å². The number of nitro groups is 1. The number of benzene rings is 2. The molecule has 2 aromatic carbocycles. The van der Waals surface area contributed by atoms with E-state index in [1.54, 1.807) is 6.92 Å². The summed E-state index contributed by atoms with van der Waals surface area (Å²) in [5.74, 6) is -0.260. The summed E-state index contributed by atoms with van der Waals surface area (Å²) in [6.07, 6.45) is 0. The molecular weight excluding hydrogens is 425 g/mol. The number of halogens is 2. The zero-order valence-corrected chi connectivity index (χ0v) is 17.7. The molecule has 11 heteroatoms. The molecule has 3 rings (SSSR count). The Balaban J connectivity index is 1.54. The maximum Gasteiger partial charge on any atom is 0.305 e. The van der Waals surface area contributed by atoms with E-state index < -0.39 is 16.4 Å². The highest BCUT2D eigenvalue weighted by Crippen LogP contribution is 2.25. The average Bonchev–Trinajstić information content (AvgIpc) is 2.72. The summed E-state index contributed by atoms with van der Waals surface area (Å²) in [5.41, 5.74) is 2.75. The molecule has 1 heterocycles. The van der Waals surface area contributed by atoms with Crippen molar-refractivity contribution in [3.05, 3.63) is 74.3 Å². The van der Waals surface area contributed by atoms with Crippen molar-refractivity contribution in [1.29, 1.82) is 0 Å². The second-order valence-electron chi connectivity index (χ2n) is 6.82. The van der Waals surface area contributed by atoms with Gasteiger partial charge in [-0.05, 0) is 36.6 Å². The predicted octanol–water partition coefficient (Wildman–Crippen LogP) is 4.33. The Bertz CT molecular complexity index is 1080. The molecule has 0 amide bonds. The van der Waals surface area contributed by atoms with Crippen molar-refractivity contribution in [2.75, 3.05) is 29.0 Å². The van der Waals surface area contributed by atoms with Gasteiger partial charge in [-0.2, -0.15) is 19.3 Å². The van der Waals surface area contributed by atoms with E-state index in [1.165, 1.54) is 11.6 Å². The molecule has 0 aliphatic heterocycles. The summed E-state index contributed by atoms with van der Waals surface area (Å²) in [6.45, 7) is 5.02. The largest absolute Gasteiger partial charge is 0.383 e. The van der Waals surface area contributed by atoms with E-state index >= 15 is 0 Å². The lowest BCUT2D eigenvalue weighted by atomic mass is 10.1. The molecule has 1 aromatic heterocycles. The van der Waals surface area contributed by atoms with E-state index in [0.29, 0.717) is 42.8 Å². The van der Waals surface area contributed by atoms with Crippen LogP contribution in [0.3, 0.4) is 0 Å². The molecule has 0 spiro atoms. The molecular formula is C20H21ClFN7O2. The fraction of sp³-hybridized carbons (Fsp3) is 0.250. The van der Waals surface area contributed by atoms with Crippen molar-refractivity contribution >= 4 is 34.9 Å². The van der Waals surface area contributed by atoms with Crippen molar-refractivity contribution in [2.24, 2.45) is 0 Å². The Morgan fingerprint density at radius 2 is 1.65 bits per heavy atom. The Labute approximate surface area is 183 Å². The first-order chi connectivity index (χ1) is 14.8. The molecule has 0 radical (unpaired) electrons. The van der Waals surface area contributed by atoms with E-state index in [4.69, 9.17) is 11.6 Å². The van der Waals surface area contributed by atoms with Gasteiger partial charge in [0.15, 0.2) is 0 Å². The van der Waals surface area contributed by atoms with E-state index in [0.717, 1.165) is 11.6 Å². The van der Waals surface area contributed by atoms with E-state index in [-0.39, 0.29) is 5.28 Å². The summed E-state index contributed by atoms with van der Waals surface area (Å²) in [6, 6.07) is 10.4. The molecule has 0 fully saturated rings. The molecule has 0 aliphatic rings. The predicted molar refractivity (Wildman–Crippen MR) is 118 cm³/mol. The second-order valence-corrected chi connectivity index (χ2v) is 7.16. The van der Waals surface area contributed by atoms with Gasteiger partial charge in [0.1, 0.15) is 0 Å². The fourth-order valence-electron chi connectivity index (χ4n) is 2.76. The van der Waals surface area contributed by atoms with Gasteiger partial charge in [0, 0.05) is 37.5 Å². The Kier molecular flexibility index (Phi) is 7.14. The standard InChI is InChI=1S/C20H21ClFN7O2/c1-12-3-5-14(6-4-12)11-25-20-27-18(21)26-19(28-20)24-8-7-23-16-10-15(22)17(29(30)31)9-13(16)2/h3-6,9-10,23H,7-8,11H2,1-2H3,(H2,24,25,26,27,28). The summed E-state index contributed by atoms with van der Waals surface area (Å²) in [4.78, 5) is 22.4. The van der Waals surface area contributed by atoms with Gasteiger partial charge in [-0.25, -0.2) is 0 Å². The molecule has 3 N–H and O–H groups in total. The number of anilines is 3. The molecule has 0 unspecified atom stereocenters. The van der Waals surface area contributed by atoms with E-state index in [2.05, 4.69) is 30.9 Å². The summed E-state index contributed by atoms with van der Waals surface area (Å²) in [7, 11) is 0. The Morgan fingerprint density at radius 3 is 2.32 bits per heavy atom. The summed E-state index contributed by atoms with van der Waals surface area (Å²) < 4.78 is 13.8. The second kappa shape index (κ2) is 9.98. The number of aromatic nitrogens is 3. The number of hydrogen-bond donors (Lipinski definition) is 3. The molecule has 162 valence electrons. The lowest BCUT2D eigenvalue weighted by Crippen LogP contribution is -2.17. The zero-order chi connectivity index (χ0) is 22.4. The molecule has 9 nitrogen and oxygen atoms in total. The lowest BCUT2D eigenvalue weighted by Gasteiger charge is -2.11. The summed E-state index contributed by atoms with van der Waals surface area (Å²) >= 11 is 5.99. The third-order valence-corrected chi connectivity index (χ3v) is 4.56. The van der Waals surface area contributed by atoms with Gasteiger partial charge in [-0.1, -0.05) is 29.8 Å². The fourth-order valence-corrected chi connectivity index (χ4v) is 2.92. The van der Waals surface area contributed by atoms with Gasteiger partial charge in [-0.15, -0.1) is 0 Å². The van der Waals surface area contributed by atoms with Crippen molar-refractivity contribution in [2.45, 2.75) is 20.4 Å². The SMILES string of the molecule is Cc1ccc(CNc2nc(Cl)nc(NCCNc3cc(F)c([N+](=O)[O-])cc3C)n2)cc1. The van der Waals surface area contributed by atoms with Crippen LogP contribution in [0, 0.1) is 29.8 Å². The molecule has 0 aliphatic carbocycles. The monoisotopic (exact) mass is 445 g/mol. The minimum absolute atomic E-state index is 0.0464. The highest BCUT2D eigenvalue weighted by molar-refractivity contribution is 6.28. The average molecular weight is 446 g/mol. The first-order valence-corrected chi connectivity index (χ1v) is 9.83. The van der Waals surface area contributed by atoms with Crippen molar-refractivity contribution < 1.29 is 9.31 Å². The van der Waals surface area contributed by atoms with Crippen LogP contribution in [0.5, 0.6) is 0 Å². The lowest BCUT2D eigenvalue weighted by molar-refractivity contribution is -0.387. The first kappa shape index (κ1) is 22.2. The van der Waals surface area contributed by atoms with Crippen LogP contribution in [0.25, 0.3) is 0 Å². The van der Waals surface area contributed by atoms with Crippen LogP contribution in [-0.4, -0.2) is 33.0 Å². The minimum atomic E-state index is -0.889. The Hall–Kier alpha value is -3.53.